The second kappa shape index (κ2) is 6.03. The maximum Gasteiger partial charge on any atom is 0.416 e. The van der Waals surface area contributed by atoms with Gasteiger partial charge in [-0.2, -0.15) is 13.2 Å². The molecule has 0 aromatic carbocycles. The Bertz CT molecular complexity index is 437. The van der Waals surface area contributed by atoms with E-state index < -0.39 is 22.5 Å². The molecule has 1 aromatic heterocycles. The smallest absolute Gasteiger partial charge is 0.384 e. The van der Waals surface area contributed by atoms with Crippen molar-refractivity contribution >= 4 is 22.4 Å². The van der Waals surface area contributed by atoms with Crippen LogP contribution in [0, 0.1) is 0 Å². The number of nitrogens with one attached hydrogen (secondary N) is 1. The third-order valence-corrected chi connectivity index (χ3v) is 3.43. The Morgan fingerprint density at radius 2 is 2.11 bits per heavy atom. The topological polar surface area (TPSA) is 68.0 Å². The van der Waals surface area contributed by atoms with Crippen molar-refractivity contribution < 1.29 is 17.4 Å². The van der Waals surface area contributed by atoms with Crippen LogP contribution in [0.4, 0.5) is 24.8 Å². The Hall–Kier alpha value is -1.31. The summed E-state index contributed by atoms with van der Waals surface area (Å²) in [6.07, 6.45) is -4.46. The van der Waals surface area contributed by atoms with Crippen LogP contribution >= 0.6 is 0 Å². The van der Waals surface area contributed by atoms with Crippen molar-refractivity contribution in [2.75, 3.05) is 29.1 Å². The molecule has 1 unspecified atom stereocenters. The minimum Gasteiger partial charge on any atom is -0.384 e. The first-order valence-corrected chi connectivity index (χ1v) is 6.75. The summed E-state index contributed by atoms with van der Waals surface area (Å²) >= 11 is 0. The van der Waals surface area contributed by atoms with Gasteiger partial charge in [-0.3, -0.25) is 4.21 Å². The van der Waals surface area contributed by atoms with Gasteiger partial charge in [-0.05, 0) is 12.1 Å². The molecule has 1 atom stereocenters. The van der Waals surface area contributed by atoms with Crippen LogP contribution in [0.1, 0.15) is 12.5 Å². The van der Waals surface area contributed by atoms with Gasteiger partial charge in [0.05, 0.1) is 5.56 Å². The molecular weight excluding hydrogens is 267 g/mol. The van der Waals surface area contributed by atoms with E-state index in [0.717, 1.165) is 12.1 Å². The molecule has 1 heterocycles. The van der Waals surface area contributed by atoms with Crippen LogP contribution in [0.3, 0.4) is 0 Å². The van der Waals surface area contributed by atoms with Gasteiger partial charge in [-0.15, -0.1) is 0 Å². The lowest BCUT2D eigenvalue weighted by atomic mass is 10.2. The van der Waals surface area contributed by atoms with Gasteiger partial charge in [0.15, 0.2) is 0 Å². The van der Waals surface area contributed by atoms with E-state index in [0.29, 0.717) is 11.5 Å². The summed E-state index contributed by atoms with van der Waals surface area (Å²) < 4.78 is 48.6. The molecular formula is C10H14F3N3OS. The lowest BCUT2D eigenvalue weighted by Crippen LogP contribution is -2.14. The van der Waals surface area contributed by atoms with Crippen molar-refractivity contribution in [3.05, 3.63) is 17.7 Å². The van der Waals surface area contributed by atoms with Crippen molar-refractivity contribution in [1.82, 2.24) is 4.98 Å². The number of nitrogens with zero attached hydrogens (tertiary/aromatic N) is 1. The quantitative estimate of drug-likeness (QED) is 0.864. The normalized spacial score (nSPS) is 13.3. The number of nitrogens with two attached hydrogens (primary N) is 1. The van der Waals surface area contributed by atoms with Crippen molar-refractivity contribution in [3.63, 3.8) is 0 Å². The SMILES string of the molecule is CCS(=O)CCNc1cc(C(F)(F)F)cc(N)n1. The molecule has 1 rings (SSSR count). The molecule has 0 amide bonds. The second-order valence-electron chi connectivity index (χ2n) is 3.52. The van der Waals surface area contributed by atoms with E-state index >= 15 is 0 Å². The van der Waals surface area contributed by atoms with Crippen LogP contribution in [0.5, 0.6) is 0 Å². The minimum atomic E-state index is -4.46. The first kappa shape index (κ1) is 14.7. The fourth-order valence-corrected chi connectivity index (χ4v) is 1.86. The average Bonchev–Trinajstić information content (AvgIpc) is 2.27. The van der Waals surface area contributed by atoms with Crippen LogP contribution in [0.25, 0.3) is 0 Å². The standard InChI is InChI=1S/C10H14F3N3OS/c1-2-18(17)4-3-15-9-6-7(10(11,12)13)5-8(14)16-9/h5-6H,2-4H2,1H3,(H3,14,15,16). The number of hydrogen-bond donors (Lipinski definition) is 2. The van der Waals surface area contributed by atoms with E-state index in [4.69, 9.17) is 5.73 Å². The zero-order valence-corrected chi connectivity index (χ0v) is 10.6. The summed E-state index contributed by atoms with van der Waals surface area (Å²) in [4.78, 5) is 3.74. The van der Waals surface area contributed by atoms with E-state index in [-0.39, 0.29) is 18.2 Å². The van der Waals surface area contributed by atoms with Crippen LogP contribution in [-0.2, 0) is 17.0 Å². The van der Waals surface area contributed by atoms with Crippen molar-refractivity contribution in [3.8, 4) is 0 Å². The summed E-state index contributed by atoms with van der Waals surface area (Å²) in [5.41, 5.74) is 4.45. The van der Waals surface area contributed by atoms with Gasteiger partial charge in [0.2, 0.25) is 0 Å². The monoisotopic (exact) mass is 281 g/mol. The Labute approximate surface area is 105 Å². The maximum absolute atomic E-state index is 12.5. The summed E-state index contributed by atoms with van der Waals surface area (Å²) in [5, 5.41) is 2.68. The van der Waals surface area contributed by atoms with Gasteiger partial charge < -0.3 is 11.1 Å². The molecule has 4 nitrogen and oxygen atoms in total. The molecule has 8 heteroatoms. The number of anilines is 2. The van der Waals surface area contributed by atoms with Crippen LogP contribution in [-0.4, -0.2) is 27.2 Å². The first-order chi connectivity index (χ1) is 8.32. The predicted molar refractivity (Wildman–Crippen MR) is 65.7 cm³/mol. The van der Waals surface area contributed by atoms with Crippen molar-refractivity contribution in [2.24, 2.45) is 0 Å². The number of hydrogen-bond acceptors (Lipinski definition) is 4. The van der Waals surface area contributed by atoms with Crippen LogP contribution in [0.15, 0.2) is 12.1 Å². The summed E-state index contributed by atoms with van der Waals surface area (Å²) in [7, 11) is -0.972. The third kappa shape index (κ3) is 4.52. The van der Waals surface area contributed by atoms with Crippen molar-refractivity contribution in [2.45, 2.75) is 13.1 Å². The van der Waals surface area contributed by atoms with Crippen LogP contribution in [0.2, 0.25) is 0 Å². The van der Waals surface area contributed by atoms with Crippen molar-refractivity contribution in [1.29, 1.82) is 0 Å². The predicted octanol–water partition coefficient (Wildman–Crippen LogP) is 1.86. The number of halogens is 3. The lowest BCUT2D eigenvalue weighted by molar-refractivity contribution is -0.137. The number of pyridine rings is 1. The van der Waals surface area contributed by atoms with Gasteiger partial charge in [-0.1, -0.05) is 6.92 Å². The van der Waals surface area contributed by atoms with Gasteiger partial charge in [0, 0.05) is 28.9 Å². The van der Waals surface area contributed by atoms with Gasteiger partial charge in [0.25, 0.3) is 0 Å². The summed E-state index contributed by atoms with van der Waals surface area (Å²) in [6.45, 7) is 2.06. The van der Waals surface area contributed by atoms with E-state index in [1.807, 2.05) is 0 Å². The highest BCUT2D eigenvalue weighted by Crippen LogP contribution is 2.31. The second-order valence-corrected chi connectivity index (χ2v) is 5.39. The highest BCUT2D eigenvalue weighted by Gasteiger charge is 2.31. The molecule has 0 spiro atoms. The van der Waals surface area contributed by atoms with Crippen LogP contribution < -0.4 is 11.1 Å². The number of aromatic nitrogens is 1. The van der Waals surface area contributed by atoms with E-state index in [1.54, 1.807) is 6.92 Å². The minimum absolute atomic E-state index is 0.0374. The molecule has 0 aliphatic rings. The Kier molecular flexibility index (Phi) is 4.94. The molecule has 0 aliphatic heterocycles. The van der Waals surface area contributed by atoms with E-state index in [1.165, 1.54) is 0 Å². The molecule has 0 fully saturated rings. The fourth-order valence-electron chi connectivity index (χ4n) is 1.24. The molecule has 102 valence electrons. The maximum atomic E-state index is 12.5. The highest BCUT2D eigenvalue weighted by molar-refractivity contribution is 7.84. The molecule has 0 aliphatic carbocycles. The van der Waals surface area contributed by atoms with Gasteiger partial charge >= 0.3 is 6.18 Å². The van der Waals surface area contributed by atoms with E-state index in [9.17, 15) is 17.4 Å². The molecule has 1 aromatic rings. The Morgan fingerprint density at radius 3 is 2.67 bits per heavy atom. The molecule has 0 bridgehead atoms. The molecule has 0 radical (unpaired) electrons. The molecule has 0 saturated heterocycles. The average molecular weight is 281 g/mol. The molecule has 18 heavy (non-hydrogen) atoms. The van der Waals surface area contributed by atoms with Gasteiger partial charge in [0.1, 0.15) is 11.6 Å². The molecule has 3 N–H and O–H groups in total. The highest BCUT2D eigenvalue weighted by atomic mass is 32.2. The number of rotatable bonds is 5. The third-order valence-electron chi connectivity index (χ3n) is 2.13. The number of nitrogen functional groups attached to an aromatic ring is 1. The van der Waals surface area contributed by atoms with Gasteiger partial charge in [-0.25, -0.2) is 4.98 Å². The zero-order chi connectivity index (χ0) is 13.8. The first-order valence-electron chi connectivity index (χ1n) is 5.26. The fraction of sp³-hybridized carbons (Fsp3) is 0.500. The van der Waals surface area contributed by atoms with E-state index in [2.05, 4.69) is 10.3 Å². The largest absolute Gasteiger partial charge is 0.416 e. The number of alkyl halides is 3. The summed E-state index contributed by atoms with van der Waals surface area (Å²) in [6, 6.07) is 1.65. The lowest BCUT2D eigenvalue weighted by Gasteiger charge is -2.11. The zero-order valence-electron chi connectivity index (χ0n) is 9.75. The Morgan fingerprint density at radius 1 is 1.44 bits per heavy atom. The summed E-state index contributed by atoms with van der Waals surface area (Å²) in [5.74, 6) is 0.702. The Balaban J connectivity index is 2.72. The molecule has 0 saturated carbocycles.